The number of nitrogens with one attached hydrogen (secondary N) is 1. The molecule has 2 rings (SSSR count). The minimum atomic E-state index is -0.321. The predicted molar refractivity (Wildman–Crippen MR) is 91.4 cm³/mol. The molecular formula is C18H26N2O4. The van der Waals surface area contributed by atoms with Crippen molar-refractivity contribution < 1.29 is 19.1 Å². The second kappa shape index (κ2) is 8.04. The van der Waals surface area contributed by atoms with Gasteiger partial charge in [-0.1, -0.05) is 13.8 Å². The van der Waals surface area contributed by atoms with Gasteiger partial charge in [0.05, 0.1) is 20.8 Å². The molecule has 0 aromatic heterocycles. The fourth-order valence-corrected chi connectivity index (χ4v) is 3.17. The minimum Gasteiger partial charge on any atom is -0.497 e. The smallest absolute Gasteiger partial charge is 0.251 e. The average molecular weight is 334 g/mol. The van der Waals surface area contributed by atoms with Crippen LogP contribution >= 0.6 is 0 Å². The molecule has 24 heavy (non-hydrogen) atoms. The van der Waals surface area contributed by atoms with Crippen LogP contribution in [0.5, 0.6) is 11.5 Å². The third-order valence-electron chi connectivity index (χ3n) is 4.24. The van der Waals surface area contributed by atoms with Crippen LogP contribution in [-0.4, -0.2) is 50.6 Å². The number of carbonyl (C=O) groups is 2. The molecule has 1 aliphatic heterocycles. The van der Waals surface area contributed by atoms with E-state index in [2.05, 4.69) is 19.2 Å². The lowest BCUT2D eigenvalue weighted by Gasteiger charge is -2.35. The third-order valence-corrected chi connectivity index (χ3v) is 4.24. The Morgan fingerprint density at radius 3 is 2.12 bits per heavy atom. The average Bonchev–Trinajstić information content (AvgIpc) is 2.57. The topological polar surface area (TPSA) is 67.9 Å². The van der Waals surface area contributed by atoms with Crippen molar-refractivity contribution in [2.24, 2.45) is 11.8 Å². The molecule has 2 amide bonds. The molecule has 0 spiro atoms. The maximum Gasteiger partial charge on any atom is 0.251 e. The molecular weight excluding hydrogens is 308 g/mol. The summed E-state index contributed by atoms with van der Waals surface area (Å²) in [4.78, 5) is 26.5. The molecule has 1 heterocycles. The van der Waals surface area contributed by atoms with Gasteiger partial charge in [-0.15, -0.1) is 0 Å². The number of hydrogen-bond acceptors (Lipinski definition) is 4. The van der Waals surface area contributed by atoms with Crippen molar-refractivity contribution in [3.63, 3.8) is 0 Å². The van der Waals surface area contributed by atoms with Gasteiger partial charge in [0, 0.05) is 24.7 Å². The standard InChI is InChI=1S/C18H26N2O4/c1-12-5-13(2)11-20(10-12)17(21)9-19-18(22)14-6-15(23-3)8-16(7-14)24-4/h6-8,12-13H,5,9-11H2,1-4H3,(H,19,22)/t12-,13-/m1/s1. The van der Waals surface area contributed by atoms with E-state index in [-0.39, 0.29) is 18.4 Å². The second-order valence-electron chi connectivity index (χ2n) is 6.53. The summed E-state index contributed by atoms with van der Waals surface area (Å²) in [7, 11) is 3.05. The van der Waals surface area contributed by atoms with Gasteiger partial charge in [0.15, 0.2) is 0 Å². The number of amides is 2. The van der Waals surface area contributed by atoms with Crippen molar-refractivity contribution in [1.29, 1.82) is 0 Å². The van der Waals surface area contributed by atoms with Gasteiger partial charge in [-0.05, 0) is 30.4 Å². The number of piperidine rings is 1. The Hall–Kier alpha value is -2.24. The lowest BCUT2D eigenvalue weighted by molar-refractivity contribution is -0.132. The summed E-state index contributed by atoms with van der Waals surface area (Å²) >= 11 is 0. The van der Waals surface area contributed by atoms with Gasteiger partial charge in [-0.3, -0.25) is 9.59 Å². The van der Waals surface area contributed by atoms with Crippen LogP contribution in [0.15, 0.2) is 18.2 Å². The Morgan fingerprint density at radius 1 is 1.08 bits per heavy atom. The number of hydrogen-bond donors (Lipinski definition) is 1. The van der Waals surface area contributed by atoms with Gasteiger partial charge in [-0.2, -0.15) is 0 Å². The number of carbonyl (C=O) groups excluding carboxylic acids is 2. The second-order valence-corrected chi connectivity index (χ2v) is 6.53. The van der Waals surface area contributed by atoms with Crippen LogP contribution < -0.4 is 14.8 Å². The van der Waals surface area contributed by atoms with Crippen molar-refractivity contribution >= 4 is 11.8 Å². The molecule has 1 aromatic rings. The van der Waals surface area contributed by atoms with E-state index in [0.29, 0.717) is 28.9 Å². The Balaban J connectivity index is 1.96. The quantitative estimate of drug-likeness (QED) is 0.893. The van der Waals surface area contributed by atoms with Gasteiger partial charge in [0.1, 0.15) is 11.5 Å². The first kappa shape index (κ1) is 18.1. The van der Waals surface area contributed by atoms with E-state index in [1.54, 1.807) is 18.2 Å². The van der Waals surface area contributed by atoms with Gasteiger partial charge >= 0.3 is 0 Å². The van der Waals surface area contributed by atoms with E-state index in [0.717, 1.165) is 19.5 Å². The van der Waals surface area contributed by atoms with Crippen LogP contribution in [0.3, 0.4) is 0 Å². The van der Waals surface area contributed by atoms with Crippen LogP contribution in [0.1, 0.15) is 30.6 Å². The minimum absolute atomic E-state index is 0.00218. The molecule has 1 aliphatic rings. The third kappa shape index (κ3) is 4.63. The van der Waals surface area contributed by atoms with E-state index in [1.807, 2.05) is 4.90 Å². The SMILES string of the molecule is COc1cc(OC)cc(C(=O)NCC(=O)N2C[C@H](C)C[C@@H](C)C2)c1. The molecule has 1 fully saturated rings. The Kier molecular flexibility index (Phi) is 6.06. The van der Waals surface area contributed by atoms with Crippen LogP contribution in [0.25, 0.3) is 0 Å². The molecule has 132 valence electrons. The van der Waals surface area contributed by atoms with Crippen molar-refractivity contribution in [3.8, 4) is 11.5 Å². The zero-order valence-electron chi connectivity index (χ0n) is 14.8. The normalized spacial score (nSPS) is 20.4. The molecule has 0 saturated carbocycles. The Labute approximate surface area is 143 Å². The first-order valence-corrected chi connectivity index (χ1v) is 8.22. The van der Waals surface area contributed by atoms with Gasteiger partial charge < -0.3 is 19.7 Å². The highest BCUT2D eigenvalue weighted by Gasteiger charge is 2.25. The van der Waals surface area contributed by atoms with Crippen LogP contribution in [0, 0.1) is 11.8 Å². The van der Waals surface area contributed by atoms with E-state index >= 15 is 0 Å². The molecule has 0 radical (unpaired) electrons. The molecule has 1 saturated heterocycles. The first-order valence-electron chi connectivity index (χ1n) is 8.22. The molecule has 6 heteroatoms. The molecule has 2 atom stereocenters. The van der Waals surface area contributed by atoms with Crippen molar-refractivity contribution in [1.82, 2.24) is 10.2 Å². The summed E-state index contributed by atoms with van der Waals surface area (Å²) in [5.74, 6) is 1.69. The predicted octanol–water partition coefficient (Wildman–Crippen LogP) is 1.94. The lowest BCUT2D eigenvalue weighted by Crippen LogP contribution is -2.46. The van der Waals surface area contributed by atoms with E-state index in [4.69, 9.17) is 9.47 Å². The fourth-order valence-electron chi connectivity index (χ4n) is 3.17. The first-order chi connectivity index (χ1) is 11.4. The monoisotopic (exact) mass is 334 g/mol. The highest BCUT2D eigenvalue weighted by molar-refractivity contribution is 5.97. The van der Waals surface area contributed by atoms with Crippen molar-refractivity contribution in [2.45, 2.75) is 20.3 Å². The number of nitrogens with zero attached hydrogens (tertiary/aromatic N) is 1. The van der Waals surface area contributed by atoms with Crippen LogP contribution in [-0.2, 0) is 4.79 Å². The molecule has 1 N–H and O–H groups in total. The lowest BCUT2D eigenvalue weighted by atomic mass is 9.92. The van der Waals surface area contributed by atoms with Crippen LogP contribution in [0.4, 0.5) is 0 Å². The van der Waals surface area contributed by atoms with Crippen molar-refractivity contribution in [2.75, 3.05) is 33.9 Å². The fraction of sp³-hybridized carbons (Fsp3) is 0.556. The van der Waals surface area contributed by atoms with Crippen molar-refractivity contribution in [3.05, 3.63) is 23.8 Å². The van der Waals surface area contributed by atoms with Gasteiger partial charge in [0.2, 0.25) is 5.91 Å². The largest absolute Gasteiger partial charge is 0.497 e. The molecule has 0 aliphatic carbocycles. The molecule has 0 unspecified atom stereocenters. The molecule has 1 aromatic carbocycles. The summed E-state index contributed by atoms with van der Waals surface area (Å²) in [6.45, 7) is 5.81. The van der Waals surface area contributed by atoms with E-state index < -0.39 is 0 Å². The number of ether oxygens (including phenoxy) is 2. The summed E-state index contributed by atoms with van der Waals surface area (Å²) in [5.41, 5.74) is 0.402. The number of likely N-dealkylation sites (tertiary alicyclic amines) is 1. The highest BCUT2D eigenvalue weighted by Crippen LogP contribution is 2.23. The summed E-state index contributed by atoms with van der Waals surface area (Å²) < 4.78 is 10.3. The summed E-state index contributed by atoms with van der Waals surface area (Å²) in [6, 6.07) is 4.93. The number of rotatable bonds is 5. The number of methoxy groups -OCH3 is 2. The summed E-state index contributed by atoms with van der Waals surface area (Å²) in [6.07, 6.45) is 1.14. The van der Waals surface area contributed by atoms with Crippen LogP contribution in [0.2, 0.25) is 0 Å². The summed E-state index contributed by atoms with van der Waals surface area (Å²) in [5, 5.41) is 2.69. The zero-order valence-corrected chi connectivity index (χ0v) is 14.8. The number of benzene rings is 1. The zero-order chi connectivity index (χ0) is 17.7. The van der Waals surface area contributed by atoms with Gasteiger partial charge in [0.25, 0.3) is 5.91 Å². The van der Waals surface area contributed by atoms with Gasteiger partial charge in [-0.25, -0.2) is 0 Å². The Morgan fingerprint density at radius 2 is 1.62 bits per heavy atom. The van der Waals surface area contributed by atoms with E-state index in [9.17, 15) is 9.59 Å². The van der Waals surface area contributed by atoms with E-state index in [1.165, 1.54) is 14.2 Å². The molecule has 6 nitrogen and oxygen atoms in total. The maximum absolute atomic E-state index is 12.3. The Bertz CT molecular complexity index is 570. The molecule has 0 bridgehead atoms. The highest BCUT2D eigenvalue weighted by atomic mass is 16.5. The maximum atomic E-state index is 12.3.